The Morgan fingerprint density at radius 2 is 2.21 bits per heavy atom. The van der Waals surface area contributed by atoms with Crippen LogP contribution in [0.1, 0.15) is 19.2 Å². The Kier molecular flexibility index (Phi) is 4.67. The number of hydrogen-bond acceptors (Lipinski definition) is 6. The van der Waals surface area contributed by atoms with Gasteiger partial charge in [0.2, 0.25) is 5.82 Å². The Bertz CT molecular complexity index is 530. The lowest BCUT2D eigenvalue weighted by Crippen LogP contribution is -2.29. The zero-order valence-electron chi connectivity index (χ0n) is 10.6. The van der Waals surface area contributed by atoms with Crippen LogP contribution in [0.5, 0.6) is 0 Å². The van der Waals surface area contributed by atoms with Gasteiger partial charge in [0, 0.05) is 12.2 Å². The highest BCUT2D eigenvalue weighted by molar-refractivity contribution is 6.58. The first-order valence-corrected chi connectivity index (χ1v) is 6.07. The van der Waals surface area contributed by atoms with Crippen molar-refractivity contribution in [3.8, 4) is 11.4 Å². The second-order valence-electron chi connectivity index (χ2n) is 4.06. The molecule has 0 aliphatic heterocycles. The van der Waals surface area contributed by atoms with E-state index >= 15 is 0 Å². The third-order valence-electron chi connectivity index (χ3n) is 2.49. The van der Waals surface area contributed by atoms with Crippen LogP contribution in [0.25, 0.3) is 11.4 Å². The first-order chi connectivity index (χ1) is 9.20. The van der Waals surface area contributed by atoms with Crippen molar-refractivity contribution in [1.82, 2.24) is 10.1 Å². The van der Waals surface area contributed by atoms with Gasteiger partial charge in [-0.05, 0) is 11.9 Å². The molecule has 0 saturated heterocycles. The molecule has 0 saturated carbocycles. The molecule has 1 aromatic carbocycles. The van der Waals surface area contributed by atoms with Gasteiger partial charge in [-0.15, -0.1) is 0 Å². The standard InChI is InChI=1S/C12H15BN2O4/c1-2-6-18-8-11-14-12(15-19-11)9-4-3-5-10(7-9)13(16)17/h3-5,7,16-17H,2,6,8H2,1H3. The van der Waals surface area contributed by atoms with E-state index in [0.717, 1.165) is 6.42 Å². The molecule has 0 unspecified atom stereocenters. The van der Waals surface area contributed by atoms with Gasteiger partial charge in [0.25, 0.3) is 5.89 Å². The molecular weight excluding hydrogens is 247 g/mol. The van der Waals surface area contributed by atoms with Gasteiger partial charge in [-0.1, -0.05) is 36.3 Å². The molecule has 0 fully saturated rings. The molecule has 2 aromatic rings. The van der Waals surface area contributed by atoms with E-state index < -0.39 is 7.12 Å². The third-order valence-corrected chi connectivity index (χ3v) is 2.49. The van der Waals surface area contributed by atoms with Crippen molar-refractivity contribution in [3.63, 3.8) is 0 Å². The molecule has 0 amide bonds. The summed E-state index contributed by atoms with van der Waals surface area (Å²) in [6.45, 7) is 2.94. The fourth-order valence-corrected chi connectivity index (χ4v) is 1.57. The van der Waals surface area contributed by atoms with Gasteiger partial charge in [-0.25, -0.2) is 0 Å². The molecule has 0 aliphatic carbocycles. The SMILES string of the molecule is CCCOCc1nc(-c2cccc(B(O)O)c2)no1. The number of benzene rings is 1. The van der Waals surface area contributed by atoms with Gasteiger partial charge in [-0.2, -0.15) is 4.98 Å². The van der Waals surface area contributed by atoms with Crippen LogP contribution in [0.4, 0.5) is 0 Å². The Labute approximate surface area is 111 Å². The summed E-state index contributed by atoms with van der Waals surface area (Å²) in [5, 5.41) is 22.1. The minimum Gasteiger partial charge on any atom is -0.423 e. The molecule has 0 bridgehead atoms. The predicted molar refractivity (Wildman–Crippen MR) is 69.5 cm³/mol. The Balaban J connectivity index is 2.11. The van der Waals surface area contributed by atoms with Crippen molar-refractivity contribution >= 4 is 12.6 Å². The average molecular weight is 262 g/mol. The van der Waals surface area contributed by atoms with Crippen LogP contribution in [0.3, 0.4) is 0 Å². The predicted octanol–water partition coefficient (Wildman–Crippen LogP) is 0.343. The zero-order valence-corrected chi connectivity index (χ0v) is 10.6. The smallest absolute Gasteiger partial charge is 0.423 e. The molecule has 6 nitrogen and oxygen atoms in total. The summed E-state index contributed by atoms with van der Waals surface area (Å²) < 4.78 is 10.4. The summed E-state index contributed by atoms with van der Waals surface area (Å²) in [7, 11) is -1.51. The normalized spacial score (nSPS) is 10.7. The van der Waals surface area contributed by atoms with Gasteiger partial charge in [0.15, 0.2) is 0 Å². The second-order valence-corrected chi connectivity index (χ2v) is 4.06. The van der Waals surface area contributed by atoms with E-state index in [-0.39, 0.29) is 6.61 Å². The van der Waals surface area contributed by atoms with Crippen molar-refractivity contribution in [2.24, 2.45) is 0 Å². The molecule has 7 heteroatoms. The van der Waals surface area contributed by atoms with Crippen molar-refractivity contribution < 1.29 is 19.3 Å². The summed E-state index contributed by atoms with van der Waals surface area (Å²) in [6.07, 6.45) is 0.928. The highest BCUT2D eigenvalue weighted by atomic mass is 16.5. The number of aromatic nitrogens is 2. The van der Waals surface area contributed by atoms with Crippen LogP contribution < -0.4 is 5.46 Å². The topological polar surface area (TPSA) is 88.6 Å². The molecule has 0 radical (unpaired) electrons. The van der Waals surface area contributed by atoms with E-state index in [2.05, 4.69) is 10.1 Å². The van der Waals surface area contributed by atoms with Crippen molar-refractivity contribution in [2.75, 3.05) is 6.61 Å². The van der Waals surface area contributed by atoms with E-state index in [0.29, 0.717) is 29.3 Å². The maximum Gasteiger partial charge on any atom is 0.488 e. The largest absolute Gasteiger partial charge is 0.488 e. The monoisotopic (exact) mass is 262 g/mol. The molecule has 2 N–H and O–H groups in total. The highest BCUT2D eigenvalue weighted by Crippen LogP contribution is 2.14. The third kappa shape index (κ3) is 3.63. The van der Waals surface area contributed by atoms with Gasteiger partial charge >= 0.3 is 7.12 Å². The fourth-order valence-electron chi connectivity index (χ4n) is 1.57. The van der Waals surface area contributed by atoms with Gasteiger partial charge in [-0.3, -0.25) is 0 Å². The minimum absolute atomic E-state index is 0.281. The lowest BCUT2D eigenvalue weighted by atomic mass is 9.79. The van der Waals surface area contributed by atoms with Crippen LogP contribution in [0.2, 0.25) is 0 Å². The van der Waals surface area contributed by atoms with Crippen molar-refractivity contribution in [2.45, 2.75) is 20.0 Å². The molecule has 1 heterocycles. The van der Waals surface area contributed by atoms with Crippen LogP contribution in [0.15, 0.2) is 28.8 Å². The lowest BCUT2D eigenvalue weighted by Gasteiger charge is -2.00. The van der Waals surface area contributed by atoms with Crippen molar-refractivity contribution in [3.05, 3.63) is 30.2 Å². The lowest BCUT2D eigenvalue weighted by molar-refractivity contribution is 0.0982. The van der Waals surface area contributed by atoms with Gasteiger partial charge in [0.05, 0.1) is 0 Å². The summed E-state index contributed by atoms with van der Waals surface area (Å²) in [4.78, 5) is 4.19. The Morgan fingerprint density at radius 3 is 2.95 bits per heavy atom. The summed E-state index contributed by atoms with van der Waals surface area (Å²) >= 11 is 0. The van der Waals surface area contributed by atoms with Crippen LogP contribution in [0, 0.1) is 0 Å². The maximum atomic E-state index is 9.11. The quantitative estimate of drug-likeness (QED) is 0.576. The first kappa shape index (κ1) is 13.7. The number of ether oxygens (including phenoxy) is 1. The van der Waals surface area contributed by atoms with Gasteiger partial charge in [0.1, 0.15) is 6.61 Å². The number of hydrogen-bond donors (Lipinski definition) is 2. The zero-order chi connectivity index (χ0) is 13.7. The summed E-state index contributed by atoms with van der Waals surface area (Å²) in [5.41, 5.74) is 1.04. The van der Waals surface area contributed by atoms with Crippen molar-refractivity contribution in [1.29, 1.82) is 0 Å². The van der Waals surface area contributed by atoms with E-state index in [1.54, 1.807) is 24.3 Å². The Morgan fingerprint density at radius 1 is 1.37 bits per heavy atom. The fraction of sp³-hybridized carbons (Fsp3) is 0.333. The molecule has 1 aromatic heterocycles. The van der Waals surface area contributed by atoms with Gasteiger partial charge < -0.3 is 19.3 Å². The van der Waals surface area contributed by atoms with Crippen LogP contribution >= 0.6 is 0 Å². The molecule has 0 spiro atoms. The number of rotatable bonds is 6. The molecule has 2 rings (SSSR count). The van der Waals surface area contributed by atoms with E-state index in [1.807, 2.05) is 6.92 Å². The first-order valence-electron chi connectivity index (χ1n) is 6.07. The Hall–Kier alpha value is -1.70. The summed E-state index contributed by atoms with van der Waals surface area (Å²) in [6, 6.07) is 6.69. The average Bonchev–Trinajstić information content (AvgIpc) is 2.88. The van der Waals surface area contributed by atoms with E-state index in [9.17, 15) is 0 Å². The molecule has 19 heavy (non-hydrogen) atoms. The van der Waals surface area contributed by atoms with E-state index in [1.165, 1.54) is 0 Å². The van der Waals surface area contributed by atoms with Crippen LogP contribution in [-0.4, -0.2) is 33.9 Å². The molecular formula is C12H15BN2O4. The highest BCUT2D eigenvalue weighted by Gasteiger charge is 2.14. The minimum atomic E-state index is -1.51. The summed E-state index contributed by atoms with van der Waals surface area (Å²) in [5.74, 6) is 0.802. The van der Waals surface area contributed by atoms with Crippen LogP contribution in [-0.2, 0) is 11.3 Å². The van der Waals surface area contributed by atoms with E-state index in [4.69, 9.17) is 19.3 Å². The second kappa shape index (κ2) is 6.47. The molecule has 0 aliphatic rings. The maximum absolute atomic E-state index is 9.11. The number of nitrogens with zero attached hydrogens (tertiary/aromatic N) is 2. The molecule has 100 valence electrons. The molecule has 0 atom stereocenters.